The van der Waals surface area contributed by atoms with Crippen LogP contribution in [0.15, 0.2) is 29.3 Å². The fraction of sp³-hybridized carbons (Fsp3) is 0.467. The summed E-state index contributed by atoms with van der Waals surface area (Å²) in [6, 6.07) is 8.28. The minimum absolute atomic E-state index is 0. The van der Waals surface area contributed by atoms with Crippen molar-refractivity contribution in [2.75, 3.05) is 20.2 Å². The third-order valence-electron chi connectivity index (χ3n) is 2.73. The van der Waals surface area contributed by atoms with Crippen LogP contribution in [0.2, 0.25) is 0 Å². The molecule has 0 bridgehead atoms. The standard InChI is InChI=1S/C15H23N3O2.HI/c1-4-16-15(17-10-9-14(19)20-3)18-11-13-7-5-12(2)6-8-13;/h5-8H,4,9-11H2,1-3H3,(H2,16,17,18);1H. The Morgan fingerprint density at radius 3 is 2.48 bits per heavy atom. The van der Waals surface area contributed by atoms with E-state index >= 15 is 0 Å². The minimum Gasteiger partial charge on any atom is -0.469 e. The summed E-state index contributed by atoms with van der Waals surface area (Å²) in [5, 5.41) is 6.25. The summed E-state index contributed by atoms with van der Waals surface area (Å²) >= 11 is 0. The highest BCUT2D eigenvalue weighted by atomic mass is 127. The Balaban J connectivity index is 0.00000400. The number of benzene rings is 1. The molecule has 0 saturated heterocycles. The van der Waals surface area contributed by atoms with Gasteiger partial charge in [0.1, 0.15) is 0 Å². The number of halogens is 1. The number of guanidine groups is 1. The van der Waals surface area contributed by atoms with E-state index in [1.165, 1.54) is 12.7 Å². The number of carbonyl (C=O) groups excluding carboxylic acids is 1. The van der Waals surface area contributed by atoms with Crippen LogP contribution in [0.5, 0.6) is 0 Å². The van der Waals surface area contributed by atoms with E-state index in [0.29, 0.717) is 25.5 Å². The number of aliphatic imine (C=N–C) groups is 1. The van der Waals surface area contributed by atoms with Gasteiger partial charge in [0.25, 0.3) is 0 Å². The fourth-order valence-electron chi connectivity index (χ4n) is 1.59. The molecule has 0 aromatic heterocycles. The van der Waals surface area contributed by atoms with Gasteiger partial charge < -0.3 is 15.4 Å². The molecule has 118 valence electrons. The van der Waals surface area contributed by atoms with E-state index in [-0.39, 0.29) is 29.9 Å². The molecule has 0 amide bonds. The zero-order valence-electron chi connectivity index (χ0n) is 12.8. The Bertz CT molecular complexity index is 447. The molecule has 5 nitrogen and oxygen atoms in total. The number of methoxy groups -OCH3 is 1. The van der Waals surface area contributed by atoms with E-state index in [9.17, 15) is 4.79 Å². The van der Waals surface area contributed by atoms with Gasteiger partial charge in [-0.25, -0.2) is 4.99 Å². The van der Waals surface area contributed by atoms with Gasteiger partial charge in [-0.05, 0) is 19.4 Å². The molecule has 1 aromatic carbocycles. The number of nitrogens with one attached hydrogen (secondary N) is 2. The van der Waals surface area contributed by atoms with E-state index in [1.54, 1.807) is 0 Å². The second kappa shape index (κ2) is 11.4. The lowest BCUT2D eigenvalue weighted by atomic mass is 10.1. The fourth-order valence-corrected chi connectivity index (χ4v) is 1.59. The molecule has 0 aliphatic heterocycles. The molecule has 1 rings (SSSR count). The summed E-state index contributed by atoms with van der Waals surface area (Å²) in [5.41, 5.74) is 2.39. The van der Waals surface area contributed by atoms with Crippen molar-refractivity contribution in [3.05, 3.63) is 35.4 Å². The zero-order chi connectivity index (χ0) is 14.8. The first-order valence-electron chi connectivity index (χ1n) is 6.80. The molecule has 2 N–H and O–H groups in total. The zero-order valence-corrected chi connectivity index (χ0v) is 15.1. The Morgan fingerprint density at radius 2 is 1.90 bits per heavy atom. The van der Waals surface area contributed by atoms with Crippen LogP contribution in [-0.2, 0) is 16.1 Å². The van der Waals surface area contributed by atoms with Gasteiger partial charge in [-0.3, -0.25) is 4.79 Å². The first kappa shape index (κ1) is 19.7. The average Bonchev–Trinajstić information content (AvgIpc) is 2.46. The first-order valence-corrected chi connectivity index (χ1v) is 6.80. The van der Waals surface area contributed by atoms with Crippen LogP contribution in [0.1, 0.15) is 24.5 Å². The van der Waals surface area contributed by atoms with Gasteiger partial charge in [0.2, 0.25) is 0 Å². The maximum absolute atomic E-state index is 11.0. The van der Waals surface area contributed by atoms with Gasteiger partial charge in [0.15, 0.2) is 5.96 Å². The molecule has 0 radical (unpaired) electrons. The molecule has 0 fully saturated rings. The molecule has 0 aliphatic rings. The predicted octanol–water partition coefficient (Wildman–Crippen LogP) is 2.23. The lowest BCUT2D eigenvalue weighted by molar-refractivity contribution is -0.140. The van der Waals surface area contributed by atoms with Crippen molar-refractivity contribution in [1.29, 1.82) is 0 Å². The van der Waals surface area contributed by atoms with Crippen LogP contribution in [-0.4, -0.2) is 32.1 Å². The maximum Gasteiger partial charge on any atom is 0.307 e. The van der Waals surface area contributed by atoms with Gasteiger partial charge >= 0.3 is 5.97 Å². The molecule has 6 heteroatoms. The Kier molecular flexibility index (Phi) is 10.7. The number of carbonyl (C=O) groups is 1. The van der Waals surface area contributed by atoms with Gasteiger partial charge in [-0.2, -0.15) is 0 Å². The average molecular weight is 405 g/mol. The van der Waals surface area contributed by atoms with Crippen LogP contribution in [0.4, 0.5) is 0 Å². The molecule has 0 unspecified atom stereocenters. The highest BCUT2D eigenvalue weighted by Gasteiger charge is 2.01. The molecule has 0 atom stereocenters. The molecule has 0 saturated carbocycles. The van der Waals surface area contributed by atoms with Crippen molar-refractivity contribution in [3.8, 4) is 0 Å². The smallest absolute Gasteiger partial charge is 0.307 e. The number of hydrogen-bond donors (Lipinski definition) is 2. The maximum atomic E-state index is 11.0. The van der Waals surface area contributed by atoms with Crippen LogP contribution >= 0.6 is 24.0 Å². The molecular formula is C15H24IN3O2. The molecule has 0 spiro atoms. The van der Waals surface area contributed by atoms with E-state index in [1.807, 2.05) is 6.92 Å². The van der Waals surface area contributed by atoms with E-state index in [0.717, 1.165) is 12.1 Å². The molecule has 0 heterocycles. The number of ether oxygens (including phenoxy) is 1. The van der Waals surface area contributed by atoms with Crippen LogP contribution in [0, 0.1) is 6.92 Å². The summed E-state index contributed by atoms with van der Waals surface area (Å²) in [7, 11) is 1.39. The van der Waals surface area contributed by atoms with Crippen molar-refractivity contribution in [2.45, 2.75) is 26.8 Å². The molecule has 0 aliphatic carbocycles. The highest BCUT2D eigenvalue weighted by molar-refractivity contribution is 14.0. The van der Waals surface area contributed by atoms with E-state index in [2.05, 4.69) is 51.6 Å². The lowest BCUT2D eigenvalue weighted by Crippen LogP contribution is -2.38. The largest absolute Gasteiger partial charge is 0.469 e. The van der Waals surface area contributed by atoms with E-state index in [4.69, 9.17) is 0 Å². The Hall–Kier alpha value is -1.31. The molecule has 1 aromatic rings. The number of hydrogen-bond acceptors (Lipinski definition) is 3. The van der Waals surface area contributed by atoms with Crippen molar-refractivity contribution >= 4 is 35.9 Å². The number of esters is 1. The van der Waals surface area contributed by atoms with Gasteiger partial charge in [-0.15, -0.1) is 24.0 Å². The van der Waals surface area contributed by atoms with Crippen LogP contribution < -0.4 is 10.6 Å². The quantitative estimate of drug-likeness (QED) is 0.330. The Morgan fingerprint density at radius 1 is 1.24 bits per heavy atom. The van der Waals surface area contributed by atoms with Crippen molar-refractivity contribution in [1.82, 2.24) is 10.6 Å². The summed E-state index contributed by atoms with van der Waals surface area (Å²) < 4.78 is 4.59. The van der Waals surface area contributed by atoms with Gasteiger partial charge in [-0.1, -0.05) is 29.8 Å². The topological polar surface area (TPSA) is 62.7 Å². The molecule has 21 heavy (non-hydrogen) atoms. The second-order valence-electron chi connectivity index (χ2n) is 4.43. The lowest BCUT2D eigenvalue weighted by Gasteiger charge is -2.10. The predicted molar refractivity (Wildman–Crippen MR) is 96.0 cm³/mol. The Labute approximate surface area is 143 Å². The summed E-state index contributed by atoms with van der Waals surface area (Å²) in [5.74, 6) is 0.476. The summed E-state index contributed by atoms with van der Waals surface area (Å²) in [4.78, 5) is 15.5. The van der Waals surface area contributed by atoms with E-state index < -0.39 is 0 Å². The molecular weight excluding hydrogens is 381 g/mol. The third-order valence-corrected chi connectivity index (χ3v) is 2.73. The first-order chi connectivity index (χ1) is 9.65. The van der Waals surface area contributed by atoms with Crippen molar-refractivity contribution in [2.24, 2.45) is 4.99 Å². The van der Waals surface area contributed by atoms with Crippen LogP contribution in [0.3, 0.4) is 0 Å². The number of aryl methyl sites for hydroxylation is 1. The minimum atomic E-state index is -0.230. The number of rotatable bonds is 6. The highest BCUT2D eigenvalue weighted by Crippen LogP contribution is 2.04. The van der Waals surface area contributed by atoms with Gasteiger partial charge in [0, 0.05) is 13.1 Å². The van der Waals surface area contributed by atoms with Crippen molar-refractivity contribution < 1.29 is 9.53 Å². The van der Waals surface area contributed by atoms with Gasteiger partial charge in [0.05, 0.1) is 20.1 Å². The number of nitrogens with zero attached hydrogens (tertiary/aromatic N) is 1. The summed E-state index contributed by atoms with van der Waals surface area (Å²) in [6.07, 6.45) is 0.325. The van der Waals surface area contributed by atoms with Crippen molar-refractivity contribution in [3.63, 3.8) is 0 Å². The third kappa shape index (κ3) is 8.54. The normalized spacial score (nSPS) is 10.5. The SMILES string of the molecule is CCNC(=NCc1ccc(C)cc1)NCCC(=O)OC.I. The summed E-state index contributed by atoms with van der Waals surface area (Å²) in [6.45, 7) is 5.95. The second-order valence-corrected chi connectivity index (χ2v) is 4.43. The van der Waals surface area contributed by atoms with Crippen LogP contribution in [0.25, 0.3) is 0 Å². The monoisotopic (exact) mass is 405 g/mol.